The summed E-state index contributed by atoms with van der Waals surface area (Å²) in [5.41, 5.74) is 2.47. The highest BCUT2D eigenvalue weighted by atomic mass is 32.1. The number of quaternary nitrogens is 1. The van der Waals surface area contributed by atoms with Crippen LogP contribution in [-0.4, -0.2) is 25.2 Å². The van der Waals surface area contributed by atoms with E-state index >= 15 is 0 Å². The Morgan fingerprint density at radius 1 is 1.23 bits per heavy atom. The monoisotopic (exact) mass is 375 g/mol. The van der Waals surface area contributed by atoms with Crippen LogP contribution in [0.5, 0.6) is 0 Å². The van der Waals surface area contributed by atoms with Crippen LogP contribution in [0.25, 0.3) is 0 Å². The van der Waals surface area contributed by atoms with Gasteiger partial charge in [0.25, 0.3) is 5.91 Å². The number of amides is 2. The first-order valence-corrected chi connectivity index (χ1v) is 9.79. The van der Waals surface area contributed by atoms with Crippen LogP contribution in [0.1, 0.15) is 48.7 Å². The molecule has 0 aliphatic rings. The Labute approximate surface area is 158 Å². The van der Waals surface area contributed by atoms with Crippen LogP contribution < -0.4 is 10.6 Å². The van der Waals surface area contributed by atoms with E-state index in [0.29, 0.717) is 0 Å². The van der Waals surface area contributed by atoms with Gasteiger partial charge in [-0.2, -0.15) is 0 Å². The highest BCUT2D eigenvalue weighted by Crippen LogP contribution is 2.23. The fourth-order valence-corrected chi connectivity index (χ4v) is 3.59. The molecule has 0 radical (unpaired) electrons. The summed E-state index contributed by atoms with van der Waals surface area (Å²) in [5.74, 6) is -0.363. The number of hydrogen-bond acceptors (Lipinski definition) is 4. The molecule has 1 aromatic heterocycles. The van der Waals surface area contributed by atoms with E-state index < -0.39 is 12.1 Å². The maximum atomic E-state index is 12.2. The van der Waals surface area contributed by atoms with Gasteiger partial charge in [0.2, 0.25) is 0 Å². The van der Waals surface area contributed by atoms with Crippen molar-refractivity contribution in [1.29, 1.82) is 0 Å². The highest BCUT2D eigenvalue weighted by Gasteiger charge is 2.26. The largest absolute Gasteiger partial charge is 0.453 e. The maximum absolute atomic E-state index is 12.2. The van der Waals surface area contributed by atoms with Crippen molar-refractivity contribution in [3.05, 3.63) is 57.8 Å². The van der Waals surface area contributed by atoms with Crippen LogP contribution in [-0.2, 0) is 16.0 Å². The second kappa shape index (κ2) is 10.1. The molecular formula is C20H27N2O3S+. The molecule has 0 saturated heterocycles. The Balaban J connectivity index is 2.14. The molecule has 1 aromatic carbocycles. The van der Waals surface area contributed by atoms with Gasteiger partial charge in [0.05, 0.1) is 12.0 Å². The minimum absolute atomic E-state index is 0.00798. The van der Waals surface area contributed by atoms with Gasteiger partial charge in [0.1, 0.15) is 6.04 Å². The molecule has 0 aliphatic heterocycles. The number of alkyl carbamates (subject to hydrolysis) is 1. The smallest absolute Gasteiger partial charge is 0.413 e. The SMILES string of the molecule is CCCCc1ccc([C@@H]([NH2+][C@H](C)C(=O)NC(=O)OC)c2cccs2)cc1. The zero-order valence-electron chi connectivity index (χ0n) is 15.5. The lowest BCUT2D eigenvalue weighted by Crippen LogP contribution is -2.92. The van der Waals surface area contributed by atoms with Crippen LogP contribution in [0.15, 0.2) is 41.8 Å². The molecule has 0 spiro atoms. The third-order valence-electron chi connectivity index (χ3n) is 4.31. The second-order valence-electron chi connectivity index (χ2n) is 6.30. The zero-order valence-corrected chi connectivity index (χ0v) is 16.3. The van der Waals surface area contributed by atoms with Crippen LogP contribution in [0, 0.1) is 0 Å². The van der Waals surface area contributed by atoms with Crippen LogP contribution in [0.3, 0.4) is 0 Å². The Morgan fingerprint density at radius 3 is 2.54 bits per heavy atom. The van der Waals surface area contributed by atoms with Crippen LogP contribution in [0.4, 0.5) is 4.79 Å². The predicted molar refractivity (Wildman–Crippen MR) is 103 cm³/mol. The summed E-state index contributed by atoms with van der Waals surface area (Å²) in [5, 5.41) is 6.25. The molecule has 0 fully saturated rings. The first-order chi connectivity index (χ1) is 12.5. The summed E-state index contributed by atoms with van der Waals surface area (Å²) in [6, 6.07) is 12.3. The number of aryl methyl sites for hydroxylation is 1. The Kier molecular flexibility index (Phi) is 7.81. The van der Waals surface area contributed by atoms with Crippen molar-refractivity contribution in [3.8, 4) is 0 Å². The molecule has 0 bridgehead atoms. The minimum Gasteiger partial charge on any atom is -0.453 e. The van der Waals surface area contributed by atoms with E-state index in [1.54, 1.807) is 18.3 Å². The first kappa shape index (κ1) is 20.1. The number of carbonyl (C=O) groups excluding carboxylic acids is 2. The van der Waals surface area contributed by atoms with E-state index in [1.165, 1.54) is 30.4 Å². The summed E-state index contributed by atoms with van der Waals surface area (Å²) in [7, 11) is 1.24. The van der Waals surface area contributed by atoms with Gasteiger partial charge < -0.3 is 10.1 Å². The lowest BCUT2D eigenvalue weighted by Gasteiger charge is -2.19. The molecule has 0 aliphatic carbocycles. The molecule has 0 saturated carbocycles. The number of imide groups is 1. The quantitative estimate of drug-likeness (QED) is 0.745. The van der Waals surface area contributed by atoms with Crippen LogP contribution in [0.2, 0.25) is 0 Å². The van der Waals surface area contributed by atoms with Gasteiger partial charge in [-0.1, -0.05) is 43.7 Å². The third-order valence-corrected chi connectivity index (χ3v) is 5.27. The Bertz CT molecular complexity index is 698. The number of nitrogens with two attached hydrogens (primary N) is 1. The normalized spacial score (nSPS) is 13.0. The van der Waals surface area contributed by atoms with Crippen molar-refractivity contribution in [1.82, 2.24) is 5.32 Å². The van der Waals surface area contributed by atoms with Gasteiger partial charge in [-0.15, -0.1) is 11.3 Å². The first-order valence-electron chi connectivity index (χ1n) is 8.91. The fourth-order valence-electron chi connectivity index (χ4n) is 2.75. The van der Waals surface area contributed by atoms with Crippen molar-refractivity contribution in [3.63, 3.8) is 0 Å². The molecule has 3 N–H and O–H groups in total. The zero-order chi connectivity index (χ0) is 18.9. The average molecular weight is 376 g/mol. The number of methoxy groups -OCH3 is 1. The number of unbranched alkanes of at least 4 members (excludes halogenated alkanes) is 1. The summed E-state index contributed by atoms with van der Waals surface area (Å²) in [4.78, 5) is 24.6. The standard InChI is InChI=1S/C20H26N2O3S/c1-4-5-7-15-9-11-16(12-10-15)18(17-8-6-13-26-17)21-14(2)19(23)22-20(24)25-3/h6,8-14,18,21H,4-5,7H2,1-3H3,(H,22,23,24)/p+1/t14-,18-/m1/s1. The summed E-state index contributed by atoms with van der Waals surface area (Å²) < 4.78 is 4.50. The van der Waals surface area contributed by atoms with E-state index in [2.05, 4.69) is 47.3 Å². The highest BCUT2D eigenvalue weighted by molar-refractivity contribution is 7.10. The number of hydrogen-bond donors (Lipinski definition) is 2. The number of nitrogens with one attached hydrogen (secondary N) is 1. The van der Waals surface area contributed by atoms with Gasteiger partial charge in [-0.25, -0.2) is 4.79 Å². The lowest BCUT2D eigenvalue weighted by atomic mass is 10.0. The topological polar surface area (TPSA) is 72.0 Å². The van der Waals surface area contributed by atoms with Crippen molar-refractivity contribution in [2.45, 2.75) is 45.2 Å². The van der Waals surface area contributed by atoms with Crippen LogP contribution >= 0.6 is 11.3 Å². The van der Waals surface area contributed by atoms with Crippen molar-refractivity contribution < 1.29 is 19.6 Å². The van der Waals surface area contributed by atoms with E-state index in [0.717, 1.165) is 12.0 Å². The van der Waals surface area contributed by atoms with E-state index in [9.17, 15) is 9.59 Å². The van der Waals surface area contributed by atoms with Gasteiger partial charge in [0.15, 0.2) is 6.04 Å². The van der Waals surface area contributed by atoms with E-state index in [-0.39, 0.29) is 11.9 Å². The van der Waals surface area contributed by atoms with E-state index in [1.807, 2.05) is 16.8 Å². The molecule has 6 heteroatoms. The maximum Gasteiger partial charge on any atom is 0.413 e. The van der Waals surface area contributed by atoms with Crippen molar-refractivity contribution >= 4 is 23.3 Å². The fraction of sp³-hybridized carbons (Fsp3) is 0.400. The van der Waals surface area contributed by atoms with E-state index in [4.69, 9.17) is 0 Å². The molecule has 2 atom stereocenters. The molecule has 0 unspecified atom stereocenters. The molecule has 2 aromatic rings. The van der Waals surface area contributed by atoms with Gasteiger partial charge in [-0.05, 0) is 36.8 Å². The molecule has 2 amide bonds. The van der Waals surface area contributed by atoms with Crippen molar-refractivity contribution in [2.75, 3.05) is 7.11 Å². The van der Waals surface area contributed by atoms with Gasteiger partial charge in [-0.3, -0.25) is 10.1 Å². The van der Waals surface area contributed by atoms with Crippen molar-refractivity contribution in [2.24, 2.45) is 0 Å². The lowest BCUT2D eigenvalue weighted by molar-refractivity contribution is -0.704. The molecule has 5 nitrogen and oxygen atoms in total. The summed E-state index contributed by atoms with van der Waals surface area (Å²) in [6.07, 6.45) is 2.72. The average Bonchev–Trinajstić information content (AvgIpc) is 3.19. The Morgan fingerprint density at radius 2 is 1.96 bits per heavy atom. The number of rotatable bonds is 8. The molecule has 26 heavy (non-hydrogen) atoms. The number of carbonyl (C=O) groups is 2. The predicted octanol–water partition coefficient (Wildman–Crippen LogP) is 3.01. The molecule has 2 rings (SSSR count). The summed E-state index contributed by atoms with van der Waals surface area (Å²) in [6.45, 7) is 3.98. The number of thiophene rings is 1. The van der Waals surface area contributed by atoms with Gasteiger partial charge in [0, 0.05) is 5.56 Å². The minimum atomic E-state index is -0.733. The molecule has 1 heterocycles. The van der Waals surface area contributed by atoms with Gasteiger partial charge >= 0.3 is 6.09 Å². The Hall–Kier alpha value is -2.18. The third kappa shape index (κ3) is 5.68. The second-order valence-corrected chi connectivity index (χ2v) is 7.28. The molecule has 140 valence electrons. The number of ether oxygens (including phenoxy) is 1. The number of benzene rings is 1. The summed E-state index contributed by atoms with van der Waals surface area (Å²) >= 11 is 1.66. The molecular weight excluding hydrogens is 348 g/mol.